The molecule has 2 nitrogen and oxygen atoms in total. The summed E-state index contributed by atoms with van der Waals surface area (Å²) in [6.45, 7) is 8.90. The van der Waals surface area contributed by atoms with Crippen molar-refractivity contribution in [1.82, 2.24) is 0 Å². The fourth-order valence-electron chi connectivity index (χ4n) is 5.96. The van der Waals surface area contributed by atoms with Gasteiger partial charge in [0.05, 0.1) is 0 Å². The Balaban J connectivity index is 1.36. The van der Waals surface area contributed by atoms with E-state index in [4.69, 9.17) is 0 Å². The first-order valence-corrected chi connectivity index (χ1v) is 14.9. The highest BCUT2D eigenvalue weighted by molar-refractivity contribution is 6.69. The second-order valence-electron chi connectivity index (χ2n) is 11.1. The van der Waals surface area contributed by atoms with Crippen LogP contribution >= 0.6 is 0 Å². The van der Waals surface area contributed by atoms with Gasteiger partial charge in [-0.2, -0.15) is 0 Å². The van der Waals surface area contributed by atoms with E-state index in [1.54, 1.807) is 0 Å². The van der Waals surface area contributed by atoms with Crippen molar-refractivity contribution < 1.29 is 0 Å². The first kappa shape index (κ1) is 28.1. The average molecular weight is 556 g/mol. The number of hydrogen-bond donors (Lipinski definition) is 0. The van der Waals surface area contributed by atoms with E-state index in [2.05, 4.69) is 190 Å². The molecule has 0 fully saturated rings. The molecule has 0 aliphatic heterocycles. The van der Waals surface area contributed by atoms with Crippen molar-refractivity contribution in [3.8, 4) is 0 Å². The maximum absolute atomic E-state index is 2.37. The van der Waals surface area contributed by atoms with E-state index in [-0.39, 0.29) is 0 Å². The predicted molar refractivity (Wildman–Crippen MR) is 186 cm³/mol. The molecular formula is C40H36BN2. The Kier molecular flexibility index (Phi) is 8.15. The molecule has 209 valence electrons. The summed E-state index contributed by atoms with van der Waals surface area (Å²) < 4.78 is 0. The Hall–Kier alpha value is -5.02. The molecule has 0 spiro atoms. The van der Waals surface area contributed by atoms with Crippen LogP contribution in [0.5, 0.6) is 0 Å². The molecule has 0 aliphatic carbocycles. The third-order valence-corrected chi connectivity index (χ3v) is 8.02. The summed E-state index contributed by atoms with van der Waals surface area (Å²) in [5, 5.41) is 0. The second-order valence-corrected chi connectivity index (χ2v) is 11.1. The maximum Gasteiger partial charge on any atom is 0.192 e. The largest absolute Gasteiger partial charge is 0.310 e. The van der Waals surface area contributed by atoms with E-state index in [0.717, 1.165) is 34.1 Å². The zero-order valence-corrected chi connectivity index (χ0v) is 25.3. The van der Waals surface area contributed by atoms with Crippen molar-refractivity contribution in [2.75, 3.05) is 9.80 Å². The van der Waals surface area contributed by atoms with Crippen LogP contribution in [0.4, 0.5) is 34.1 Å². The van der Waals surface area contributed by atoms with E-state index in [9.17, 15) is 0 Å². The van der Waals surface area contributed by atoms with Crippen LogP contribution in [0.15, 0.2) is 146 Å². The summed E-state index contributed by atoms with van der Waals surface area (Å²) in [6, 6.07) is 51.6. The van der Waals surface area contributed by atoms with Crippen molar-refractivity contribution in [1.29, 1.82) is 0 Å². The number of benzene rings is 6. The van der Waals surface area contributed by atoms with Gasteiger partial charge in [0.2, 0.25) is 0 Å². The van der Waals surface area contributed by atoms with Gasteiger partial charge in [-0.25, -0.2) is 0 Å². The minimum atomic E-state index is 1.15. The first-order chi connectivity index (χ1) is 21.0. The molecule has 0 bridgehead atoms. The molecule has 3 heteroatoms. The summed E-state index contributed by atoms with van der Waals surface area (Å²) >= 11 is 0. The third kappa shape index (κ3) is 5.98. The van der Waals surface area contributed by atoms with Gasteiger partial charge >= 0.3 is 0 Å². The molecule has 0 atom stereocenters. The molecule has 0 heterocycles. The van der Waals surface area contributed by atoms with Crippen LogP contribution < -0.4 is 20.7 Å². The molecule has 0 aromatic heterocycles. The summed E-state index contributed by atoms with van der Waals surface area (Å²) in [7, 11) is 2.37. The highest BCUT2D eigenvalue weighted by Gasteiger charge is 2.19. The zero-order chi connectivity index (χ0) is 29.8. The number of aryl methyl sites for hydroxylation is 4. The van der Waals surface area contributed by atoms with Crippen LogP contribution in [0.3, 0.4) is 0 Å². The van der Waals surface area contributed by atoms with Gasteiger partial charge < -0.3 is 9.80 Å². The topological polar surface area (TPSA) is 6.48 Å². The molecule has 1 radical (unpaired) electrons. The zero-order valence-electron chi connectivity index (χ0n) is 25.3. The van der Waals surface area contributed by atoms with Gasteiger partial charge in [0.1, 0.15) is 0 Å². The molecule has 0 saturated carbocycles. The van der Waals surface area contributed by atoms with Gasteiger partial charge in [-0.1, -0.05) is 106 Å². The number of anilines is 6. The molecule has 6 aromatic carbocycles. The fourth-order valence-corrected chi connectivity index (χ4v) is 5.96. The summed E-state index contributed by atoms with van der Waals surface area (Å²) in [5.41, 5.74) is 14.5. The molecule has 0 N–H and O–H groups in total. The SMILES string of the molecule is Cc1cc(N(c2ccccc2)c2ccccc2)cc(C)c1[B]c1c(C)cc(N(c2ccccc2)c2ccccc2)cc1C. The maximum atomic E-state index is 2.37. The lowest BCUT2D eigenvalue weighted by atomic mass is 9.58. The van der Waals surface area contributed by atoms with E-state index in [1.807, 2.05) is 0 Å². The van der Waals surface area contributed by atoms with Crippen LogP contribution in [0.1, 0.15) is 22.3 Å². The highest BCUT2D eigenvalue weighted by atomic mass is 15.1. The summed E-state index contributed by atoms with van der Waals surface area (Å²) in [4.78, 5) is 4.66. The molecule has 0 aliphatic rings. The Morgan fingerprint density at radius 3 is 0.791 bits per heavy atom. The van der Waals surface area contributed by atoms with E-state index in [0.29, 0.717) is 0 Å². The summed E-state index contributed by atoms with van der Waals surface area (Å²) in [6.07, 6.45) is 0. The standard InChI is InChI=1S/C40H36BN2/c1-29-25-37(42(33-17-9-5-10-18-33)34-19-11-6-12-20-34)26-30(2)39(29)41-40-31(3)27-38(28-32(40)4)43(35-21-13-7-14-22-35)36-23-15-8-16-24-36/h5-28H,1-4H3. The van der Waals surface area contributed by atoms with Crippen molar-refractivity contribution >= 4 is 52.3 Å². The minimum absolute atomic E-state index is 1.15. The van der Waals surface area contributed by atoms with Crippen molar-refractivity contribution in [2.45, 2.75) is 27.7 Å². The molecule has 6 aromatic rings. The average Bonchev–Trinajstić information content (AvgIpc) is 3.02. The lowest BCUT2D eigenvalue weighted by molar-refractivity contribution is 1.26. The van der Waals surface area contributed by atoms with Crippen molar-refractivity contribution in [3.63, 3.8) is 0 Å². The quantitative estimate of drug-likeness (QED) is 0.173. The predicted octanol–water partition coefficient (Wildman–Crippen LogP) is 9.51. The number of nitrogens with zero attached hydrogens (tertiary/aromatic N) is 2. The molecule has 0 amide bonds. The van der Waals surface area contributed by atoms with E-state index in [1.165, 1.54) is 33.2 Å². The monoisotopic (exact) mass is 555 g/mol. The molecule has 6 rings (SSSR count). The molecule has 0 saturated heterocycles. The van der Waals surface area contributed by atoms with Crippen LogP contribution in [-0.4, -0.2) is 7.28 Å². The lowest BCUT2D eigenvalue weighted by Crippen LogP contribution is -2.35. The fraction of sp³-hybridized carbons (Fsp3) is 0.100. The molecular weight excluding hydrogens is 519 g/mol. The molecule has 43 heavy (non-hydrogen) atoms. The van der Waals surface area contributed by atoms with Crippen LogP contribution in [0, 0.1) is 27.7 Å². The third-order valence-electron chi connectivity index (χ3n) is 8.02. The lowest BCUT2D eigenvalue weighted by Gasteiger charge is -2.28. The summed E-state index contributed by atoms with van der Waals surface area (Å²) in [5.74, 6) is 0. The molecule has 0 unspecified atom stereocenters. The Morgan fingerprint density at radius 1 is 0.326 bits per heavy atom. The minimum Gasteiger partial charge on any atom is -0.310 e. The highest BCUT2D eigenvalue weighted by Crippen LogP contribution is 2.36. The first-order valence-electron chi connectivity index (χ1n) is 14.9. The normalized spacial score (nSPS) is 10.8. The Labute approximate surface area is 257 Å². The van der Waals surface area contributed by atoms with Crippen LogP contribution in [0.25, 0.3) is 0 Å². The Morgan fingerprint density at radius 2 is 0.558 bits per heavy atom. The smallest absolute Gasteiger partial charge is 0.192 e. The van der Waals surface area contributed by atoms with Gasteiger partial charge in [0.25, 0.3) is 0 Å². The Bertz CT molecular complexity index is 1560. The number of hydrogen-bond acceptors (Lipinski definition) is 2. The number of rotatable bonds is 8. The van der Waals surface area contributed by atoms with Gasteiger partial charge in [0, 0.05) is 34.1 Å². The van der Waals surface area contributed by atoms with Gasteiger partial charge in [0.15, 0.2) is 7.28 Å². The van der Waals surface area contributed by atoms with Crippen molar-refractivity contribution in [3.05, 3.63) is 168 Å². The van der Waals surface area contributed by atoms with Crippen LogP contribution in [0.2, 0.25) is 0 Å². The van der Waals surface area contributed by atoms with Crippen LogP contribution in [-0.2, 0) is 0 Å². The van der Waals surface area contributed by atoms with Crippen molar-refractivity contribution in [2.24, 2.45) is 0 Å². The van der Waals surface area contributed by atoms with Gasteiger partial charge in [-0.3, -0.25) is 0 Å². The van der Waals surface area contributed by atoms with Gasteiger partial charge in [-0.15, -0.1) is 0 Å². The van der Waals surface area contributed by atoms with E-state index >= 15 is 0 Å². The van der Waals surface area contributed by atoms with Gasteiger partial charge in [-0.05, 0) is 100 Å². The second kappa shape index (κ2) is 12.5. The number of para-hydroxylation sites is 4. The van der Waals surface area contributed by atoms with E-state index < -0.39 is 0 Å².